The summed E-state index contributed by atoms with van der Waals surface area (Å²) in [5, 5.41) is 3.15. The third kappa shape index (κ3) is 5.92. The van der Waals surface area contributed by atoms with Crippen molar-refractivity contribution in [3.63, 3.8) is 0 Å². The van der Waals surface area contributed by atoms with Crippen molar-refractivity contribution >= 4 is 5.91 Å². The number of carbonyl (C=O) groups is 1. The lowest BCUT2D eigenvalue weighted by Crippen LogP contribution is -2.50. The van der Waals surface area contributed by atoms with Gasteiger partial charge in [0.25, 0.3) is 0 Å². The van der Waals surface area contributed by atoms with E-state index < -0.39 is 0 Å². The summed E-state index contributed by atoms with van der Waals surface area (Å²) in [5.74, 6) is 2.55. The standard InChI is InChI=1S/C23H33FN2O3/c1-16(27)25-22-11-18-13-26(9-2-10-28-21-7-5-20(24)6-8-21)14-19(18)12-23(22)29-15-17-3-4-17/h5-8,17-19,22-23H,2-4,9-15H2,1H3,(H,25,27)/t18-,19+,22-,23-/m1/s1. The van der Waals surface area contributed by atoms with Gasteiger partial charge in [-0.1, -0.05) is 0 Å². The molecule has 4 atom stereocenters. The minimum Gasteiger partial charge on any atom is -0.494 e. The van der Waals surface area contributed by atoms with E-state index in [4.69, 9.17) is 9.47 Å². The van der Waals surface area contributed by atoms with E-state index in [2.05, 4.69) is 10.2 Å². The number of hydrogen-bond acceptors (Lipinski definition) is 4. The number of halogens is 1. The van der Waals surface area contributed by atoms with Gasteiger partial charge in [-0.2, -0.15) is 0 Å². The van der Waals surface area contributed by atoms with Gasteiger partial charge in [0.1, 0.15) is 11.6 Å². The quantitative estimate of drug-likeness (QED) is 0.642. The first-order valence-electron chi connectivity index (χ1n) is 11.1. The van der Waals surface area contributed by atoms with Crippen LogP contribution in [0.1, 0.15) is 39.0 Å². The van der Waals surface area contributed by atoms with Crippen molar-refractivity contribution in [2.75, 3.05) is 32.8 Å². The Morgan fingerprint density at radius 1 is 1.17 bits per heavy atom. The molecule has 0 radical (unpaired) electrons. The first kappa shape index (κ1) is 20.6. The van der Waals surface area contributed by atoms with Gasteiger partial charge in [0.15, 0.2) is 0 Å². The molecule has 1 amide bonds. The number of rotatable bonds is 9. The molecule has 6 heteroatoms. The van der Waals surface area contributed by atoms with Crippen LogP contribution in [0.25, 0.3) is 0 Å². The maximum atomic E-state index is 12.9. The minimum absolute atomic E-state index is 0.0428. The van der Waals surface area contributed by atoms with Crippen molar-refractivity contribution in [1.82, 2.24) is 10.2 Å². The van der Waals surface area contributed by atoms with Gasteiger partial charge in [-0.05, 0) is 74.1 Å². The largest absolute Gasteiger partial charge is 0.494 e. The third-order valence-corrected chi connectivity index (χ3v) is 6.53. The Morgan fingerprint density at radius 2 is 1.90 bits per heavy atom. The highest BCUT2D eigenvalue weighted by molar-refractivity contribution is 5.73. The molecule has 5 nitrogen and oxygen atoms in total. The maximum absolute atomic E-state index is 12.9. The number of nitrogens with zero attached hydrogens (tertiary/aromatic N) is 1. The topological polar surface area (TPSA) is 50.8 Å². The molecule has 1 N–H and O–H groups in total. The molecule has 1 aromatic carbocycles. The highest BCUT2D eigenvalue weighted by Gasteiger charge is 2.43. The highest BCUT2D eigenvalue weighted by Crippen LogP contribution is 2.39. The van der Waals surface area contributed by atoms with Crippen LogP contribution in [0.3, 0.4) is 0 Å². The summed E-state index contributed by atoms with van der Waals surface area (Å²) >= 11 is 0. The Labute approximate surface area is 172 Å². The lowest BCUT2D eigenvalue weighted by Gasteiger charge is -2.38. The number of benzene rings is 1. The molecule has 0 unspecified atom stereocenters. The average molecular weight is 405 g/mol. The van der Waals surface area contributed by atoms with Crippen LogP contribution in [0.4, 0.5) is 4.39 Å². The Morgan fingerprint density at radius 3 is 2.59 bits per heavy atom. The van der Waals surface area contributed by atoms with Gasteiger partial charge < -0.3 is 19.7 Å². The molecule has 1 aromatic rings. The lowest BCUT2D eigenvalue weighted by atomic mass is 9.77. The van der Waals surface area contributed by atoms with E-state index in [9.17, 15) is 9.18 Å². The van der Waals surface area contributed by atoms with Crippen LogP contribution in [-0.2, 0) is 9.53 Å². The summed E-state index contributed by atoms with van der Waals surface area (Å²) < 4.78 is 24.9. The van der Waals surface area contributed by atoms with Gasteiger partial charge in [-0.25, -0.2) is 4.39 Å². The lowest BCUT2D eigenvalue weighted by molar-refractivity contribution is -0.122. The number of amides is 1. The van der Waals surface area contributed by atoms with E-state index in [1.165, 1.54) is 25.0 Å². The molecular formula is C23H33FN2O3. The van der Waals surface area contributed by atoms with Gasteiger partial charge in [-0.15, -0.1) is 0 Å². The molecule has 3 aliphatic rings. The van der Waals surface area contributed by atoms with E-state index in [1.807, 2.05) is 0 Å². The average Bonchev–Trinajstić information content (AvgIpc) is 3.43. The number of carbonyl (C=O) groups excluding carboxylic acids is 1. The molecule has 3 fully saturated rings. The second-order valence-corrected chi connectivity index (χ2v) is 9.03. The zero-order valence-electron chi connectivity index (χ0n) is 17.3. The molecule has 0 aromatic heterocycles. The van der Waals surface area contributed by atoms with E-state index in [0.717, 1.165) is 57.2 Å². The fourth-order valence-corrected chi connectivity index (χ4v) is 4.84. The van der Waals surface area contributed by atoms with Crippen LogP contribution >= 0.6 is 0 Å². The summed E-state index contributed by atoms with van der Waals surface area (Å²) in [6.45, 7) is 6.30. The van der Waals surface area contributed by atoms with Crippen LogP contribution in [0.5, 0.6) is 5.75 Å². The molecular weight excluding hydrogens is 371 g/mol. The predicted octanol–water partition coefficient (Wildman–Crippen LogP) is 3.24. The van der Waals surface area contributed by atoms with E-state index in [0.29, 0.717) is 18.4 Å². The number of fused-ring (bicyclic) bond motifs is 1. The van der Waals surface area contributed by atoms with E-state index in [-0.39, 0.29) is 23.9 Å². The summed E-state index contributed by atoms with van der Waals surface area (Å²) in [5.41, 5.74) is 0. The molecule has 4 rings (SSSR count). The van der Waals surface area contributed by atoms with Crippen molar-refractivity contribution < 1.29 is 18.7 Å². The fourth-order valence-electron chi connectivity index (χ4n) is 4.84. The van der Waals surface area contributed by atoms with Crippen molar-refractivity contribution in [1.29, 1.82) is 0 Å². The van der Waals surface area contributed by atoms with Gasteiger partial charge in [-0.3, -0.25) is 4.79 Å². The molecule has 2 saturated carbocycles. The summed E-state index contributed by atoms with van der Waals surface area (Å²) in [6, 6.07) is 6.34. The molecule has 1 saturated heterocycles. The van der Waals surface area contributed by atoms with Crippen molar-refractivity contribution in [3.05, 3.63) is 30.1 Å². The Bertz CT molecular complexity index is 679. The smallest absolute Gasteiger partial charge is 0.217 e. The van der Waals surface area contributed by atoms with Crippen LogP contribution in [-0.4, -0.2) is 55.8 Å². The molecule has 1 heterocycles. The molecule has 0 spiro atoms. The molecule has 160 valence electrons. The second kappa shape index (κ2) is 9.43. The van der Waals surface area contributed by atoms with E-state index in [1.54, 1.807) is 19.1 Å². The molecule has 1 aliphatic heterocycles. The second-order valence-electron chi connectivity index (χ2n) is 9.03. The summed E-state index contributed by atoms with van der Waals surface area (Å²) in [6.07, 6.45) is 5.75. The fraction of sp³-hybridized carbons (Fsp3) is 0.696. The number of nitrogens with one attached hydrogen (secondary N) is 1. The summed E-state index contributed by atoms with van der Waals surface area (Å²) in [4.78, 5) is 14.2. The van der Waals surface area contributed by atoms with Gasteiger partial charge in [0.05, 0.1) is 18.8 Å². The van der Waals surface area contributed by atoms with Gasteiger partial charge in [0.2, 0.25) is 5.91 Å². The minimum atomic E-state index is -0.242. The molecule has 29 heavy (non-hydrogen) atoms. The summed E-state index contributed by atoms with van der Waals surface area (Å²) in [7, 11) is 0. The third-order valence-electron chi connectivity index (χ3n) is 6.53. The molecule has 2 aliphatic carbocycles. The highest BCUT2D eigenvalue weighted by atomic mass is 19.1. The predicted molar refractivity (Wildman–Crippen MR) is 109 cm³/mol. The normalized spacial score (nSPS) is 29.4. The van der Waals surface area contributed by atoms with Crippen molar-refractivity contribution in [2.24, 2.45) is 17.8 Å². The van der Waals surface area contributed by atoms with Crippen molar-refractivity contribution in [3.8, 4) is 5.75 Å². The monoisotopic (exact) mass is 404 g/mol. The van der Waals surface area contributed by atoms with Crippen LogP contribution in [0, 0.1) is 23.6 Å². The van der Waals surface area contributed by atoms with Crippen molar-refractivity contribution in [2.45, 2.75) is 51.2 Å². The van der Waals surface area contributed by atoms with Crippen LogP contribution < -0.4 is 10.1 Å². The zero-order chi connectivity index (χ0) is 20.2. The SMILES string of the molecule is CC(=O)N[C@@H]1C[C@@H]2CN(CCCOc3ccc(F)cc3)C[C@@H]2C[C@H]1OCC1CC1. The Balaban J connectivity index is 1.22. The first-order chi connectivity index (χ1) is 14.1. The van der Waals surface area contributed by atoms with E-state index >= 15 is 0 Å². The van der Waals surface area contributed by atoms with Gasteiger partial charge >= 0.3 is 0 Å². The number of ether oxygens (including phenoxy) is 2. The zero-order valence-corrected chi connectivity index (χ0v) is 17.3. The molecule has 0 bridgehead atoms. The maximum Gasteiger partial charge on any atom is 0.217 e. The van der Waals surface area contributed by atoms with Crippen LogP contribution in [0.15, 0.2) is 24.3 Å². The first-order valence-corrected chi connectivity index (χ1v) is 11.1. The Kier molecular flexibility index (Phi) is 6.70. The Hall–Kier alpha value is -1.66. The van der Waals surface area contributed by atoms with Gasteiger partial charge in [0, 0.05) is 33.2 Å². The number of likely N-dealkylation sites (tertiary alicyclic amines) is 1. The van der Waals surface area contributed by atoms with Crippen LogP contribution in [0.2, 0.25) is 0 Å². The number of hydrogen-bond donors (Lipinski definition) is 1.